The van der Waals surface area contributed by atoms with Crippen molar-refractivity contribution in [2.24, 2.45) is 17.8 Å². The quantitative estimate of drug-likeness (QED) is 0.128. The SMILES string of the molecule is COC(=O)C1CCCCN1C(=O)C(=O)[C@]1(O)O[C@H](C[C@H](OC)/C(C)=C/C=C/C=C/[C@@H](C)C[C@@H](C)C(=O)COCc2ccccc2)CC[C@H]1C. The molecular weight excluding hydrogens is 626 g/mol. The molecule has 1 unspecified atom stereocenters. The van der Waals surface area contributed by atoms with E-state index in [-0.39, 0.29) is 36.9 Å². The second-order valence-electron chi connectivity index (χ2n) is 13.5. The minimum Gasteiger partial charge on any atom is -0.467 e. The molecule has 0 bridgehead atoms. The predicted octanol–water partition coefficient (Wildman–Crippen LogP) is 5.53. The third-order valence-electron chi connectivity index (χ3n) is 9.61. The third-order valence-corrected chi connectivity index (χ3v) is 9.61. The molecule has 270 valence electrons. The van der Waals surface area contributed by atoms with Crippen LogP contribution in [0.2, 0.25) is 0 Å². The molecule has 7 atom stereocenters. The lowest BCUT2D eigenvalue weighted by molar-refractivity contribution is -0.265. The number of ketones is 2. The van der Waals surface area contributed by atoms with Gasteiger partial charge >= 0.3 is 5.97 Å². The van der Waals surface area contributed by atoms with E-state index in [0.717, 1.165) is 24.0 Å². The zero-order valence-electron chi connectivity index (χ0n) is 30.0. The average molecular weight is 682 g/mol. The van der Waals surface area contributed by atoms with Gasteiger partial charge in [0.15, 0.2) is 5.78 Å². The number of Topliss-reactive ketones (excluding diaryl/α,β-unsaturated/α-hetero) is 2. The number of ether oxygens (including phenoxy) is 4. The number of hydrogen-bond acceptors (Lipinski definition) is 9. The Labute approximate surface area is 291 Å². The molecule has 0 aliphatic carbocycles. The molecule has 2 heterocycles. The lowest BCUT2D eigenvalue weighted by atomic mass is 9.85. The molecule has 1 aromatic rings. The van der Waals surface area contributed by atoms with Crippen LogP contribution < -0.4 is 0 Å². The van der Waals surface area contributed by atoms with E-state index in [1.807, 2.05) is 68.5 Å². The van der Waals surface area contributed by atoms with Gasteiger partial charge in [-0.2, -0.15) is 0 Å². The lowest BCUT2D eigenvalue weighted by Gasteiger charge is -2.42. The Morgan fingerprint density at radius 3 is 2.47 bits per heavy atom. The van der Waals surface area contributed by atoms with Gasteiger partial charge in [-0.3, -0.25) is 14.4 Å². The molecule has 0 spiro atoms. The summed E-state index contributed by atoms with van der Waals surface area (Å²) in [6, 6.07) is 8.94. The maximum Gasteiger partial charge on any atom is 0.328 e. The van der Waals surface area contributed by atoms with Crippen molar-refractivity contribution in [1.82, 2.24) is 4.90 Å². The van der Waals surface area contributed by atoms with Gasteiger partial charge in [-0.25, -0.2) is 4.79 Å². The molecule has 1 amide bonds. The number of methoxy groups -OCH3 is 2. The van der Waals surface area contributed by atoms with Crippen LogP contribution in [0.15, 0.2) is 66.3 Å². The predicted molar refractivity (Wildman–Crippen MR) is 186 cm³/mol. The van der Waals surface area contributed by atoms with Crippen molar-refractivity contribution in [3.05, 3.63) is 71.8 Å². The first-order valence-electron chi connectivity index (χ1n) is 17.4. The molecule has 0 aromatic heterocycles. The van der Waals surface area contributed by atoms with Crippen LogP contribution in [0.3, 0.4) is 0 Å². The first kappa shape index (κ1) is 40.0. The molecule has 10 nitrogen and oxygen atoms in total. The van der Waals surface area contributed by atoms with Crippen LogP contribution in [0.5, 0.6) is 0 Å². The van der Waals surface area contributed by atoms with Crippen LogP contribution in [0.1, 0.15) is 78.2 Å². The number of hydrogen-bond donors (Lipinski definition) is 1. The summed E-state index contributed by atoms with van der Waals surface area (Å²) in [6.45, 7) is 8.40. The Kier molecular flexibility index (Phi) is 16.1. The number of carbonyl (C=O) groups excluding carboxylic acids is 4. The van der Waals surface area contributed by atoms with Crippen molar-refractivity contribution >= 4 is 23.4 Å². The number of rotatable bonds is 17. The smallest absolute Gasteiger partial charge is 0.328 e. The molecule has 0 saturated carbocycles. The van der Waals surface area contributed by atoms with E-state index in [1.165, 1.54) is 12.0 Å². The summed E-state index contributed by atoms with van der Waals surface area (Å²) in [5.74, 6) is -5.27. The summed E-state index contributed by atoms with van der Waals surface area (Å²) < 4.78 is 22.2. The zero-order valence-corrected chi connectivity index (χ0v) is 30.0. The van der Waals surface area contributed by atoms with E-state index >= 15 is 0 Å². The van der Waals surface area contributed by atoms with Gasteiger partial charge in [-0.05, 0) is 62.5 Å². The molecule has 2 fully saturated rings. The highest BCUT2D eigenvalue weighted by Crippen LogP contribution is 2.36. The van der Waals surface area contributed by atoms with Crippen LogP contribution in [0.25, 0.3) is 0 Å². The van der Waals surface area contributed by atoms with Crippen molar-refractivity contribution in [1.29, 1.82) is 0 Å². The van der Waals surface area contributed by atoms with Crippen molar-refractivity contribution < 1.29 is 43.2 Å². The third kappa shape index (κ3) is 11.6. The second kappa shape index (κ2) is 19.7. The average Bonchev–Trinajstić information content (AvgIpc) is 3.11. The molecule has 1 N–H and O–H groups in total. The number of benzene rings is 1. The number of amides is 1. The van der Waals surface area contributed by atoms with Gasteiger partial charge in [-0.15, -0.1) is 0 Å². The molecule has 0 radical (unpaired) electrons. The standard InChI is InChI=1S/C39H55NO9/c1-27(23-29(3)34(41)26-48-25-31-17-11-8-12-18-31)15-9-7-10-16-28(2)35(46-5)24-32-21-20-30(4)39(45,49-32)36(42)37(43)40-22-14-13-19-33(40)38(44)47-6/h7-12,15-18,27,29-30,32-33,35,45H,13-14,19-26H2,1-6H3/b10-7+,15-9+,28-16+/t27-,29-,30-,32+,33?,35+,39-/m1/s1. The van der Waals surface area contributed by atoms with Gasteiger partial charge in [0, 0.05) is 31.9 Å². The Hall–Kier alpha value is -3.44. The van der Waals surface area contributed by atoms with Crippen molar-refractivity contribution in [3.8, 4) is 0 Å². The number of carbonyl (C=O) groups is 4. The van der Waals surface area contributed by atoms with Crippen molar-refractivity contribution in [2.45, 2.75) is 103 Å². The number of esters is 1. The van der Waals surface area contributed by atoms with Crippen LogP contribution >= 0.6 is 0 Å². The topological polar surface area (TPSA) is 129 Å². The fourth-order valence-electron chi connectivity index (χ4n) is 6.44. The number of likely N-dealkylation sites (tertiary alicyclic amines) is 1. The lowest BCUT2D eigenvalue weighted by Crippen LogP contribution is -2.60. The van der Waals surface area contributed by atoms with Crippen LogP contribution in [-0.2, 0) is 44.7 Å². The van der Waals surface area contributed by atoms with E-state index in [2.05, 4.69) is 13.0 Å². The van der Waals surface area contributed by atoms with Gasteiger partial charge < -0.3 is 29.0 Å². The highest BCUT2D eigenvalue weighted by atomic mass is 16.6. The number of nitrogens with zero attached hydrogens (tertiary/aromatic N) is 1. The van der Waals surface area contributed by atoms with Crippen molar-refractivity contribution in [2.75, 3.05) is 27.4 Å². The highest BCUT2D eigenvalue weighted by Gasteiger charge is 2.52. The molecule has 10 heteroatoms. The van der Waals surface area contributed by atoms with E-state index < -0.39 is 41.5 Å². The second-order valence-corrected chi connectivity index (χ2v) is 13.5. The Balaban J connectivity index is 1.50. The summed E-state index contributed by atoms with van der Waals surface area (Å²) >= 11 is 0. The molecule has 1 aromatic carbocycles. The van der Waals surface area contributed by atoms with E-state index in [9.17, 15) is 24.3 Å². The summed E-state index contributed by atoms with van der Waals surface area (Å²) in [4.78, 5) is 52.8. The van der Waals surface area contributed by atoms with Crippen LogP contribution in [0, 0.1) is 17.8 Å². The Bertz CT molecular complexity index is 1340. The fraction of sp³-hybridized carbons (Fsp3) is 0.590. The van der Waals surface area contributed by atoms with Gasteiger partial charge in [0.2, 0.25) is 5.79 Å². The number of allylic oxidation sites excluding steroid dienone is 5. The van der Waals surface area contributed by atoms with E-state index in [1.54, 1.807) is 14.0 Å². The van der Waals surface area contributed by atoms with Crippen molar-refractivity contribution in [3.63, 3.8) is 0 Å². The molecule has 49 heavy (non-hydrogen) atoms. The molecule has 2 saturated heterocycles. The van der Waals surface area contributed by atoms with Crippen LogP contribution in [-0.4, -0.2) is 84.9 Å². The number of aliphatic hydroxyl groups is 1. The molecule has 3 rings (SSSR count). The maximum atomic E-state index is 13.5. The highest BCUT2D eigenvalue weighted by molar-refractivity contribution is 6.39. The van der Waals surface area contributed by atoms with Gasteiger partial charge in [0.05, 0.1) is 25.9 Å². The largest absolute Gasteiger partial charge is 0.467 e. The van der Waals surface area contributed by atoms with Gasteiger partial charge in [0.25, 0.3) is 11.7 Å². The summed E-state index contributed by atoms with van der Waals surface area (Å²) in [6.07, 6.45) is 12.9. The van der Waals surface area contributed by atoms with Crippen LogP contribution in [0.4, 0.5) is 0 Å². The first-order chi connectivity index (χ1) is 23.4. The fourth-order valence-corrected chi connectivity index (χ4v) is 6.44. The maximum absolute atomic E-state index is 13.5. The van der Waals surface area contributed by atoms with E-state index in [0.29, 0.717) is 38.7 Å². The molecule has 2 aliphatic heterocycles. The Morgan fingerprint density at radius 2 is 1.78 bits per heavy atom. The molecule has 2 aliphatic rings. The normalized spacial score (nSPS) is 25.2. The zero-order chi connectivity index (χ0) is 36.0. The first-order valence-corrected chi connectivity index (χ1v) is 17.4. The minimum absolute atomic E-state index is 0.0934. The monoisotopic (exact) mass is 681 g/mol. The Morgan fingerprint density at radius 1 is 1.04 bits per heavy atom. The summed E-state index contributed by atoms with van der Waals surface area (Å²) in [5, 5.41) is 11.5. The van der Waals surface area contributed by atoms with E-state index in [4.69, 9.17) is 18.9 Å². The van der Waals surface area contributed by atoms with Gasteiger partial charge in [0.1, 0.15) is 12.6 Å². The molecular formula is C39H55NO9. The summed E-state index contributed by atoms with van der Waals surface area (Å²) in [7, 11) is 2.85. The minimum atomic E-state index is -2.30. The summed E-state index contributed by atoms with van der Waals surface area (Å²) in [5.41, 5.74) is 1.97. The number of piperidine rings is 1. The van der Waals surface area contributed by atoms with Gasteiger partial charge in [-0.1, -0.05) is 81.5 Å².